The number of rotatable bonds is 2. The van der Waals surface area contributed by atoms with E-state index in [1.165, 1.54) is 9.75 Å². The van der Waals surface area contributed by atoms with Gasteiger partial charge < -0.3 is 0 Å². The SMILES string of the molecule is C=C(Cl)Cc1ccc(C)s1. The summed E-state index contributed by atoms with van der Waals surface area (Å²) in [6, 6.07) is 4.19. The van der Waals surface area contributed by atoms with Gasteiger partial charge in [-0.2, -0.15) is 0 Å². The molecule has 0 atom stereocenters. The average Bonchev–Trinajstić information content (AvgIpc) is 2.13. The first-order chi connectivity index (χ1) is 4.68. The molecule has 1 aromatic rings. The fraction of sp³-hybridized carbons (Fsp3) is 0.250. The first-order valence-corrected chi connectivity index (χ1v) is 4.26. The first-order valence-electron chi connectivity index (χ1n) is 3.07. The van der Waals surface area contributed by atoms with Crippen molar-refractivity contribution in [3.8, 4) is 0 Å². The van der Waals surface area contributed by atoms with Crippen molar-refractivity contribution >= 4 is 22.9 Å². The topological polar surface area (TPSA) is 0 Å². The van der Waals surface area contributed by atoms with Crippen molar-refractivity contribution in [3.05, 3.63) is 33.5 Å². The van der Waals surface area contributed by atoms with Crippen LogP contribution in [0.15, 0.2) is 23.7 Å². The van der Waals surface area contributed by atoms with Crippen molar-refractivity contribution in [3.63, 3.8) is 0 Å². The van der Waals surface area contributed by atoms with Gasteiger partial charge in [0.2, 0.25) is 0 Å². The molecular weight excluding hydrogens is 164 g/mol. The number of allylic oxidation sites excluding steroid dienone is 1. The van der Waals surface area contributed by atoms with E-state index in [1.54, 1.807) is 11.3 Å². The smallest absolute Gasteiger partial charge is 0.0171 e. The molecule has 0 saturated heterocycles. The fourth-order valence-corrected chi connectivity index (χ4v) is 1.92. The van der Waals surface area contributed by atoms with Gasteiger partial charge in [-0.25, -0.2) is 0 Å². The second-order valence-electron chi connectivity index (χ2n) is 2.21. The Hall–Kier alpha value is -0.270. The van der Waals surface area contributed by atoms with Crippen LogP contribution in [0.25, 0.3) is 0 Å². The highest BCUT2D eigenvalue weighted by Gasteiger charge is 1.96. The van der Waals surface area contributed by atoms with Gasteiger partial charge in [0, 0.05) is 21.2 Å². The highest BCUT2D eigenvalue weighted by atomic mass is 35.5. The Balaban J connectivity index is 2.67. The van der Waals surface area contributed by atoms with Crippen LogP contribution >= 0.6 is 22.9 Å². The molecule has 0 bridgehead atoms. The molecule has 10 heavy (non-hydrogen) atoms. The maximum Gasteiger partial charge on any atom is 0.0171 e. The van der Waals surface area contributed by atoms with Gasteiger partial charge in [0.05, 0.1) is 0 Å². The van der Waals surface area contributed by atoms with Gasteiger partial charge in [-0.15, -0.1) is 11.3 Å². The van der Waals surface area contributed by atoms with E-state index in [0.717, 1.165) is 6.42 Å². The van der Waals surface area contributed by atoms with Crippen molar-refractivity contribution in [1.82, 2.24) is 0 Å². The maximum atomic E-state index is 5.63. The van der Waals surface area contributed by atoms with E-state index in [0.29, 0.717) is 5.03 Å². The standard InChI is InChI=1S/C8H9ClS/c1-6(9)5-8-4-3-7(2)10-8/h3-4H,1,5H2,2H3. The molecule has 1 heterocycles. The van der Waals surface area contributed by atoms with E-state index in [-0.39, 0.29) is 0 Å². The molecule has 0 spiro atoms. The lowest BCUT2D eigenvalue weighted by Crippen LogP contribution is -1.74. The molecule has 2 heteroatoms. The number of aryl methyl sites for hydroxylation is 1. The normalized spacial score (nSPS) is 9.80. The third-order valence-corrected chi connectivity index (χ3v) is 2.30. The van der Waals surface area contributed by atoms with E-state index in [4.69, 9.17) is 11.6 Å². The van der Waals surface area contributed by atoms with Crippen LogP contribution in [0.2, 0.25) is 0 Å². The molecule has 0 amide bonds. The summed E-state index contributed by atoms with van der Waals surface area (Å²) in [6.07, 6.45) is 0.806. The molecule has 0 aliphatic carbocycles. The van der Waals surface area contributed by atoms with Gasteiger partial charge in [0.25, 0.3) is 0 Å². The van der Waals surface area contributed by atoms with Crippen molar-refractivity contribution in [2.45, 2.75) is 13.3 Å². The predicted octanol–water partition coefficient (Wildman–Crippen LogP) is 3.35. The highest BCUT2D eigenvalue weighted by molar-refractivity contribution is 7.11. The Bertz CT molecular complexity index is 237. The zero-order valence-corrected chi connectivity index (χ0v) is 7.43. The monoisotopic (exact) mass is 172 g/mol. The van der Waals surface area contributed by atoms with Crippen molar-refractivity contribution in [2.75, 3.05) is 0 Å². The molecule has 0 N–H and O–H groups in total. The highest BCUT2D eigenvalue weighted by Crippen LogP contribution is 2.18. The summed E-state index contributed by atoms with van der Waals surface area (Å²) in [7, 11) is 0. The second kappa shape index (κ2) is 3.22. The quantitative estimate of drug-likeness (QED) is 0.642. The van der Waals surface area contributed by atoms with E-state index in [9.17, 15) is 0 Å². The minimum Gasteiger partial charge on any atom is -0.145 e. The number of halogens is 1. The first kappa shape index (κ1) is 7.83. The lowest BCUT2D eigenvalue weighted by Gasteiger charge is -1.89. The largest absolute Gasteiger partial charge is 0.145 e. The van der Waals surface area contributed by atoms with Crippen LogP contribution in [0.4, 0.5) is 0 Å². The van der Waals surface area contributed by atoms with Gasteiger partial charge in [0.15, 0.2) is 0 Å². The predicted molar refractivity (Wildman–Crippen MR) is 47.8 cm³/mol. The van der Waals surface area contributed by atoms with Crippen LogP contribution < -0.4 is 0 Å². The Kier molecular flexibility index (Phi) is 2.52. The lowest BCUT2D eigenvalue weighted by atomic mass is 10.3. The number of thiophene rings is 1. The Morgan fingerprint density at radius 3 is 2.80 bits per heavy atom. The minimum atomic E-state index is 0.710. The minimum absolute atomic E-state index is 0.710. The third kappa shape index (κ3) is 2.16. The summed E-state index contributed by atoms with van der Waals surface area (Å²) < 4.78 is 0. The Morgan fingerprint density at radius 1 is 1.70 bits per heavy atom. The van der Waals surface area contributed by atoms with Crippen LogP contribution in [0.5, 0.6) is 0 Å². The molecule has 0 aliphatic heterocycles. The lowest BCUT2D eigenvalue weighted by molar-refractivity contribution is 1.32. The summed E-state index contributed by atoms with van der Waals surface area (Å²) in [6.45, 7) is 5.72. The van der Waals surface area contributed by atoms with Crippen LogP contribution in [0, 0.1) is 6.92 Å². The van der Waals surface area contributed by atoms with Crippen molar-refractivity contribution in [1.29, 1.82) is 0 Å². The Labute approximate surface area is 70.1 Å². The van der Waals surface area contributed by atoms with Crippen LogP contribution in [0.3, 0.4) is 0 Å². The summed E-state index contributed by atoms with van der Waals surface area (Å²) in [4.78, 5) is 2.62. The summed E-state index contributed by atoms with van der Waals surface area (Å²) in [5.41, 5.74) is 0. The average molecular weight is 173 g/mol. The molecule has 0 fully saturated rings. The fourth-order valence-electron chi connectivity index (χ4n) is 0.769. The zero-order chi connectivity index (χ0) is 7.56. The van der Waals surface area contributed by atoms with Gasteiger partial charge in [0.1, 0.15) is 0 Å². The van der Waals surface area contributed by atoms with Crippen molar-refractivity contribution in [2.24, 2.45) is 0 Å². The maximum absolute atomic E-state index is 5.63. The van der Waals surface area contributed by atoms with Gasteiger partial charge in [-0.1, -0.05) is 18.2 Å². The molecular formula is C8H9ClS. The molecule has 54 valence electrons. The molecule has 1 rings (SSSR count). The van der Waals surface area contributed by atoms with Crippen LogP contribution in [-0.2, 0) is 6.42 Å². The van der Waals surface area contributed by atoms with E-state index < -0.39 is 0 Å². The molecule has 0 aromatic carbocycles. The van der Waals surface area contributed by atoms with E-state index in [1.807, 2.05) is 0 Å². The number of hydrogen-bond donors (Lipinski definition) is 0. The third-order valence-electron chi connectivity index (χ3n) is 1.16. The van der Waals surface area contributed by atoms with Gasteiger partial charge in [-0.3, -0.25) is 0 Å². The Morgan fingerprint density at radius 2 is 2.40 bits per heavy atom. The molecule has 1 aromatic heterocycles. The molecule has 0 aliphatic rings. The molecule has 0 unspecified atom stereocenters. The van der Waals surface area contributed by atoms with E-state index in [2.05, 4.69) is 25.6 Å². The van der Waals surface area contributed by atoms with E-state index >= 15 is 0 Å². The van der Waals surface area contributed by atoms with Crippen LogP contribution in [0.1, 0.15) is 9.75 Å². The second-order valence-corrected chi connectivity index (χ2v) is 4.11. The zero-order valence-electron chi connectivity index (χ0n) is 5.86. The van der Waals surface area contributed by atoms with Gasteiger partial charge in [-0.05, 0) is 19.1 Å². The van der Waals surface area contributed by atoms with Crippen LogP contribution in [-0.4, -0.2) is 0 Å². The van der Waals surface area contributed by atoms with Gasteiger partial charge >= 0.3 is 0 Å². The summed E-state index contributed by atoms with van der Waals surface area (Å²) >= 11 is 7.40. The summed E-state index contributed by atoms with van der Waals surface area (Å²) in [5.74, 6) is 0. The van der Waals surface area contributed by atoms with Crippen molar-refractivity contribution < 1.29 is 0 Å². The molecule has 0 nitrogen and oxygen atoms in total. The molecule has 0 radical (unpaired) electrons. The molecule has 0 saturated carbocycles. The number of hydrogen-bond acceptors (Lipinski definition) is 1. The summed E-state index contributed by atoms with van der Waals surface area (Å²) in [5, 5.41) is 0.710.